The summed E-state index contributed by atoms with van der Waals surface area (Å²) in [6.45, 7) is 1.70. The number of sulfonamides is 1. The van der Waals surface area contributed by atoms with Gasteiger partial charge in [0.15, 0.2) is 0 Å². The minimum absolute atomic E-state index is 0.0569. The first-order chi connectivity index (χ1) is 11.8. The molecule has 1 aliphatic rings. The number of primary sulfonamides is 1. The van der Waals surface area contributed by atoms with E-state index in [9.17, 15) is 17.2 Å². The SMILES string of the molecule is Cc1cc(C2=C(c3ccc(S(N)(=O)=O)cc3)CCC2)ccc1C(F)F. The van der Waals surface area contributed by atoms with Gasteiger partial charge in [0, 0.05) is 5.56 Å². The zero-order valence-electron chi connectivity index (χ0n) is 13.8. The number of allylic oxidation sites excluding steroid dienone is 2. The Morgan fingerprint density at radius 3 is 2.04 bits per heavy atom. The van der Waals surface area contributed by atoms with Crippen molar-refractivity contribution < 1.29 is 17.2 Å². The molecule has 0 spiro atoms. The number of alkyl halides is 2. The van der Waals surface area contributed by atoms with Gasteiger partial charge >= 0.3 is 0 Å². The molecule has 0 amide bonds. The Bertz CT molecular complexity index is 932. The van der Waals surface area contributed by atoms with Gasteiger partial charge in [-0.2, -0.15) is 0 Å². The summed E-state index contributed by atoms with van der Waals surface area (Å²) >= 11 is 0. The van der Waals surface area contributed by atoms with Gasteiger partial charge < -0.3 is 0 Å². The monoisotopic (exact) mass is 363 g/mol. The van der Waals surface area contributed by atoms with Crippen LogP contribution in [0.5, 0.6) is 0 Å². The van der Waals surface area contributed by atoms with Crippen LogP contribution in [-0.4, -0.2) is 8.42 Å². The van der Waals surface area contributed by atoms with Gasteiger partial charge in [-0.3, -0.25) is 0 Å². The van der Waals surface area contributed by atoms with E-state index in [0.29, 0.717) is 5.56 Å². The van der Waals surface area contributed by atoms with E-state index in [-0.39, 0.29) is 10.5 Å². The van der Waals surface area contributed by atoms with Crippen LogP contribution in [-0.2, 0) is 10.0 Å². The van der Waals surface area contributed by atoms with Crippen molar-refractivity contribution in [2.45, 2.75) is 37.5 Å². The molecule has 0 unspecified atom stereocenters. The van der Waals surface area contributed by atoms with E-state index in [0.717, 1.165) is 41.5 Å². The number of benzene rings is 2. The summed E-state index contributed by atoms with van der Waals surface area (Å²) in [5.74, 6) is 0. The lowest BCUT2D eigenvalue weighted by molar-refractivity contribution is 0.150. The first-order valence-electron chi connectivity index (χ1n) is 8.01. The molecule has 0 aromatic heterocycles. The van der Waals surface area contributed by atoms with Gasteiger partial charge in [-0.25, -0.2) is 22.3 Å². The smallest absolute Gasteiger partial charge is 0.225 e. The maximum atomic E-state index is 12.9. The Morgan fingerprint density at radius 2 is 1.52 bits per heavy atom. The molecule has 0 fully saturated rings. The maximum Gasteiger partial charge on any atom is 0.264 e. The highest BCUT2D eigenvalue weighted by atomic mass is 32.2. The average Bonchev–Trinajstić information content (AvgIpc) is 3.03. The molecule has 0 aliphatic heterocycles. The molecule has 25 heavy (non-hydrogen) atoms. The van der Waals surface area contributed by atoms with Crippen LogP contribution in [0.4, 0.5) is 8.78 Å². The molecule has 132 valence electrons. The van der Waals surface area contributed by atoms with Gasteiger partial charge in [-0.1, -0.05) is 30.3 Å². The molecule has 1 aliphatic carbocycles. The van der Waals surface area contributed by atoms with E-state index in [1.807, 2.05) is 0 Å². The molecule has 0 saturated heterocycles. The van der Waals surface area contributed by atoms with E-state index in [2.05, 4.69) is 0 Å². The molecule has 2 N–H and O–H groups in total. The summed E-state index contributed by atoms with van der Waals surface area (Å²) in [5, 5.41) is 5.13. The fourth-order valence-electron chi connectivity index (χ4n) is 3.33. The quantitative estimate of drug-likeness (QED) is 0.858. The molecular formula is C19H19F2NO2S. The highest BCUT2D eigenvalue weighted by molar-refractivity contribution is 7.89. The van der Waals surface area contributed by atoms with Gasteiger partial charge in [-0.15, -0.1) is 0 Å². The van der Waals surface area contributed by atoms with Gasteiger partial charge in [0.25, 0.3) is 6.43 Å². The number of nitrogens with two attached hydrogens (primary N) is 1. The lowest BCUT2D eigenvalue weighted by Crippen LogP contribution is -2.11. The lowest BCUT2D eigenvalue weighted by Gasteiger charge is -2.12. The molecule has 0 atom stereocenters. The largest absolute Gasteiger partial charge is 0.264 e. The lowest BCUT2D eigenvalue weighted by atomic mass is 9.94. The van der Waals surface area contributed by atoms with Crippen LogP contribution in [0.15, 0.2) is 47.4 Å². The molecule has 3 nitrogen and oxygen atoms in total. The Hall–Kier alpha value is -2.05. The predicted octanol–water partition coefficient (Wildman–Crippen LogP) is 4.67. The summed E-state index contributed by atoms with van der Waals surface area (Å²) in [6, 6.07) is 11.5. The van der Waals surface area contributed by atoms with Crippen molar-refractivity contribution in [3.63, 3.8) is 0 Å². The molecule has 2 aromatic rings. The third-order valence-electron chi connectivity index (χ3n) is 4.60. The number of halogens is 2. The van der Waals surface area contributed by atoms with Crippen molar-refractivity contribution >= 4 is 21.2 Å². The fraction of sp³-hybridized carbons (Fsp3) is 0.263. The van der Waals surface area contributed by atoms with Gasteiger partial charge in [0.05, 0.1) is 4.90 Å². The maximum absolute atomic E-state index is 12.9. The standard InChI is InChI=1S/C19H19F2NO2S/c1-12-11-14(7-10-16(12)19(20)21)18-4-2-3-17(18)13-5-8-15(9-6-13)25(22,23)24/h5-11,19H,2-4H2,1H3,(H2,22,23,24). The minimum atomic E-state index is -3.71. The number of aryl methyl sites for hydroxylation is 1. The number of hydrogen-bond donors (Lipinski definition) is 1. The molecular weight excluding hydrogens is 344 g/mol. The zero-order valence-corrected chi connectivity index (χ0v) is 14.6. The normalized spacial score (nSPS) is 15.2. The third kappa shape index (κ3) is 3.65. The average molecular weight is 363 g/mol. The van der Waals surface area contributed by atoms with Crippen molar-refractivity contribution in [3.05, 3.63) is 64.7 Å². The predicted molar refractivity (Wildman–Crippen MR) is 94.6 cm³/mol. The summed E-state index contributed by atoms with van der Waals surface area (Å²) < 4.78 is 48.6. The van der Waals surface area contributed by atoms with Crippen LogP contribution >= 0.6 is 0 Å². The van der Waals surface area contributed by atoms with Crippen molar-refractivity contribution in [3.8, 4) is 0 Å². The molecule has 6 heteroatoms. The van der Waals surface area contributed by atoms with Gasteiger partial charge in [0.1, 0.15) is 0 Å². The van der Waals surface area contributed by atoms with E-state index in [1.54, 1.807) is 31.2 Å². The molecule has 0 heterocycles. The van der Waals surface area contributed by atoms with Crippen molar-refractivity contribution in [1.82, 2.24) is 0 Å². The van der Waals surface area contributed by atoms with Crippen LogP contribution in [0.1, 0.15) is 47.9 Å². The molecule has 0 radical (unpaired) electrons. The Kier molecular flexibility index (Phi) is 4.75. The second-order valence-electron chi connectivity index (χ2n) is 6.25. The van der Waals surface area contributed by atoms with Gasteiger partial charge in [0.2, 0.25) is 10.0 Å². The number of hydrogen-bond acceptors (Lipinski definition) is 2. The Morgan fingerprint density at radius 1 is 0.960 bits per heavy atom. The molecule has 0 saturated carbocycles. The van der Waals surface area contributed by atoms with Crippen LogP contribution in [0.3, 0.4) is 0 Å². The first kappa shape index (κ1) is 17.8. The van der Waals surface area contributed by atoms with Crippen LogP contribution in [0.25, 0.3) is 11.1 Å². The Labute approximate surface area is 146 Å². The van der Waals surface area contributed by atoms with Crippen molar-refractivity contribution in [2.75, 3.05) is 0 Å². The zero-order chi connectivity index (χ0) is 18.2. The molecule has 3 rings (SSSR count). The van der Waals surface area contributed by atoms with E-state index in [1.165, 1.54) is 18.2 Å². The third-order valence-corrected chi connectivity index (χ3v) is 5.53. The van der Waals surface area contributed by atoms with Crippen LogP contribution in [0.2, 0.25) is 0 Å². The highest BCUT2D eigenvalue weighted by Crippen LogP contribution is 2.40. The summed E-state index contributed by atoms with van der Waals surface area (Å²) in [5.41, 5.74) is 4.79. The second-order valence-corrected chi connectivity index (χ2v) is 7.81. The van der Waals surface area contributed by atoms with Gasteiger partial charge in [-0.05, 0) is 66.2 Å². The highest BCUT2D eigenvalue weighted by Gasteiger charge is 2.20. The Balaban J connectivity index is 2.02. The number of rotatable bonds is 4. The molecule has 2 aromatic carbocycles. The second kappa shape index (κ2) is 6.69. The topological polar surface area (TPSA) is 60.2 Å². The first-order valence-corrected chi connectivity index (χ1v) is 9.56. The van der Waals surface area contributed by atoms with Crippen LogP contribution < -0.4 is 5.14 Å². The summed E-state index contributed by atoms with van der Waals surface area (Å²) in [7, 11) is -3.71. The van der Waals surface area contributed by atoms with Crippen molar-refractivity contribution in [2.24, 2.45) is 5.14 Å². The van der Waals surface area contributed by atoms with E-state index < -0.39 is 16.4 Å². The van der Waals surface area contributed by atoms with E-state index in [4.69, 9.17) is 5.14 Å². The summed E-state index contributed by atoms with van der Waals surface area (Å²) in [6.07, 6.45) is 0.258. The fourth-order valence-corrected chi connectivity index (χ4v) is 3.85. The van der Waals surface area contributed by atoms with Crippen LogP contribution in [0, 0.1) is 6.92 Å². The minimum Gasteiger partial charge on any atom is -0.225 e. The molecule has 0 bridgehead atoms. The van der Waals surface area contributed by atoms with E-state index >= 15 is 0 Å². The summed E-state index contributed by atoms with van der Waals surface area (Å²) in [4.78, 5) is 0.0773. The van der Waals surface area contributed by atoms with Crippen molar-refractivity contribution in [1.29, 1.82) is 0 Å².